The second kappa shape index (κ2) is 2.58. The van der Waals surface area contributed by atoms with Gasteiger partial charge in [0.05, 0.1) is 5.69 Å². The van der Waals surface area contributed by atoms with Crippen LogP contribution in [0.3, 0.4) is 0 Å². The summed E-state index contributed by atoms with van der Waals surface area (Å²) in [5, 5.41) is 0.955. The summed E-state index contributed by atoms with van der Waals surface area (Å²) < 4.78 is 12.9. The number of aromatic nitrogens is 1. The fourth-order valence-electron chi connectivity index (χ4n) is 1.22. The van der Waals surface area contributed by atoms with E-state index < -0.39 is 5.82 Å². The lowest BCUT2D eigenvalue weighted by Crippen LogP contribution is -2.05. The van der Waals surface area contributed by atoms with E-state index in [1.165, 1.54) is 18.3 Å². The van der Waals surface area contributed by atoms with Crippen molar-refractivity contribution in [2.24, 2.45) is 0 Å². The molecule has 2 aromatic rings. The van der Waals surface area contributed by atoms with Crippen molar-refractivity contribution in [3.63, 3.8) is 0 Å². The number of fused-ring (bicyclic) bond motifs is 1. The molecule has 66 valence electrons. The molecular formula is C9H7FN2O. The van der Waals surface area contributed by atoms with Crippen molar-refractivity contribution in [1.29, 1.82) is 0 Å². The molecule has 2 rings (SSSR count). The van der Waals surface area contributed by atoms with Crippen LogP contribution in [0, 0.1) is 5.82 Å². The van der Waals surface area contributed by atoms with Crippen molar-refractivity contribution in [1.82, 2.24) is 4.98 Å². The molecule has 0 saturated heterocycles. The highest BCUT2D eigenvalue weighted by molar-refractivity contribution is 5.84. The van der Waals surface area contributed by atoms with Gasteiger partial charge in [0.15, 0.2) is 0 Å². The van der Waals surface area contributed by atoms with E-state index >= 15 is 0 Å². The Morgan fingerprint density at radius 1 is 1.38 bits per heavy atom. The predicted octanol–water partition coefficient (Wildman–Crippen LogP) is 1.25. The number of nitrogen functional groups attached to an aromatic ring is 1. The van der Waals surface area contributed by atoms with Crippen molar-refractivity contribution in [2.75, 3.05) is 5.73 Å². The fourth-order valence-corrected chi connectivity index (χ4v) is 1.22. The molecule has 13 heavy (non-hydrogen) atoms. The second-order valence-electron chi connectivity index (χ2n) is 2.77. The molecular weight excluding hydrogens is 171 g/mol. The largest absolute Gasteiger partial charge is 0.396 e. The zero-order valence-electron chi connectivity index (χ0n) is 6.67. The molecule has 0 aliphatic carbocycles. The predicted molar refractivity (Wildman–Crippen MR) is 48.9 cm³/mol. The smallest absolute Gasteiger partial charge is 0.255 e. The number of nitrogens with two attached hydrogens (primary N) is 1. The number of aromatic amines is 1. The van der Waals surface area contributed by atoms with Crippen LogP contribution in [0.1, 0.15) is 0 Å². The van der Waals surface area contributed by atoms with Crippen LogP contribution in [0.2, 0.25) is 0 Å². The topological polar surface area (TPSA) is 58.9 Å². The first-order valence-electron chi connectivity index (χ1n) is 3.75. The van der Waals surface area contributed by atoms with Gasteiger partial charge in [-0.3, -0.25) is 4.79 Å². The zero-order chi connectivity index (χ0) is 9.42. The highest BCUT2D eigenvalue weighted by atomic mass is 19.1. The van der Waals surface area contributed by atoms with E-state index in [1.807, 2.05) is 0 Å². The van der Waals surface area contributed by atoms with Gasteiger partial charge in [-0.15, -0.1) is 0 Å². The molecule has 0 aliphatic rings. The Morgan fingerprint density at radius 3 is 2.92 bits per heavy atom. The summed E-state index contributed by atoms with van der Waals surface area (Å²) in [4.78, 5) is 13.7. The summed E-state index contributed by atoms with van der Waals surface area (Å²) in [5.74, 6) is -0.502. The SMILES string of the molecule is Nc1cc2c(=O)[nH]ccc2cc1F. The minimum absolute atomic E-state index is 0.01000. The van der Waals surface area contributed by atoms with Crippen LogP contribution in [0.4, 0.5) is 10.1 Å². The molecule has 0 spiro atoms. The van der Waals surface area contributed by atoms with E-state index in [-0.39, 0.29) is 11.2 Å². The molecule has 0 amide bonds. The molecule has 0 radical (unpaired) electrons. The lowest BCUT2D eigenvalue weighted by Gasteiger charge is -1.99. The molecule has 0 atom stereocenters. The second-order valence-corrected chi connectivity index (χ2v) is 2.77. The number of rotatable bonds is 0. The van der Waals surface area contributed by atoms with Crippen molar-refractivity contribution < 1.29 is 4.39 Å². The summed E-state index contributed by atoms with van der Waals surface area (Å²) in [6.45, 7) is 0. The molecule has 0 unspecified atom stereocenters. The molecule has 0 bridgehead atoms. The first-order valence-corrected chi connectivity index (χ1v) is 3.75. The first-order chi connectivity index (χ1) is 6.18. The Kier molecular flexibility index (Phi) is 1.55. The summed E-state index contributed by atoms with van der Waals surface area (Å²) in [5.41, 5.74) is 5.06. The number of H-pyrrole nitrogens is 1. The van der Waals surface area contributed by atoms with E-state index in [0.29, 0.717) is 10.8 Å². The highest BCUT2D eigenvalue weighted by Gasteiger charge is 2.02. The van der Waals surface area contributed by atoms with E-state index in [4.69, 9.17) is 5.73 Å². The Hall–Kier alpha value is -1.84. The number of hydrogen-bond acceptors (Lipinski definition) is 2. The molecule has 1 aromatic heterocycles. The molecule has 1 aromatic carbocycles. The van der Waals surface area contributed by atoms with Crippen molar-refractivity contribution in [3.05, 3.63) is 40.6 Å². The van der Waals surface area contributed by atoms with Gasteiger partial charge in [-0.2, -0.15) is 0 Å². The van der Waals surface area contributed by atoms with Crippen LogP contribution in [-0.4, -0.2) is 4.98 Å². The van der Waals surface area contributed by atoms with Crippen LogP contribution < -0.4 is 11.3 Å². The molecule has 0 fully saturated rings. The zero-order valence-corrected chi connectivity index (χ0v) is 6.67. The Balaban J connectivity index is 2.97. The van der Waals surface area contributed by atoms with Gasteiger partial charge in [0.2, 0.25) is 0 Å². The average Bonchev–Trinajstić information content (AvgIpc) is 2.09. The summed E-state index contributed by atoms with van der Waals surface area (Å²) in [6.07, 6.45) is 1.47. The Bertz CT molecular complexity index is 518. The van der Waals surface area contributed by atoms with Crippen molar-refractivity contribution >= 4 is 16.5 Å². The molecule has 3 nitrogen and oxygen atoms in total. The molecule has 0 saturated carbocycles. The number of halogens is 1. The number of hydrogen-bond donors (Lipinski definition) is 2. The monoisotopic (exact) mass is 178 g/mol. The van der Waals surface area contributed by atoms with Crippen LogP contribution >= 0.6 is 0 Å². The summed E-state index contributed by atoms with van der Waals surface area (Å²) >= 11 is 0. The fraction of sp³-hybridized carbons (Fsp3) is 0. The summed E-state index contributed by atoms with van der Waals surface area (Å²) in [7, 11) is 0. The maximum Gasteiger partial charge on any atom is 0.255 e. The molecule has 1 heterocycles. The minimum Gasteiger partial charge on any atom is -0.396 e. The Morgan fingerprint density at radius 2 is 2.15 bits per heavy atom. The highest BCUT2D eigenvalue weighted by Crippen LogP contribution is 2.16. The van der Waals surface area contributed by atoms with E-state index in [9.17, 15) is 9.18 Å². The first kappa shape index (κ1) is 7.79. The number of benzene rings is 1. The third-order valence-corrected chi connectivity index (χ3v) is 1.89. The van der Waals surface area contributed by atoms with Gasteiger partial charge in [0.25, 0.3) is 5.56 Å². The molecule has 0 aliphatic heterocycles. The number of pyridine rings is 1. The van der Waals surface area contributed by atoms with Gasteiger partial charge in [0.1, 0.15) is 5.82 Å². The third kappa shape index (κ3) is 1.16. The quantitative estimate of drug-likeness (QED) is 0.596. The van der Waals surface area contributed by atoms with Gasteiger partial charge >= 0.3 is 0 Å². The lowest BCUT2D eigenvalue weighted by atomic mass is 10.1. The maximum absolute atomic E-state index is 12.9. The normalized spacial score (nSPS) is 10.5. The van der Waals surface area contributed by atoms with Gasteiger partial charge in [-0.25, -0.2) is 4.39 Å². The van der Waals surface area contributed by atoms with E-state index in [1.54, 1.807) is 6.07 Å². The van der Waals surface area contributed by atoms with Gasteiger partial charge in [-0.1, -0.05) is 0 Å². The minimum atomic E-state index is -0.502. The van der Waals surface area contributed by atoms with Gasteiger partial charge in [-0.05, 0) is 23.6 Å². The van der Waals surface area contributed by atoms with Gasteiger partial charge in [0, 0.05) is 11.6 Å². The van der Waals surface area contributed by atoms with Crippen LogP contribution in [-0.2, 0) is 0 Å². The van der Waals surface area contributed by atoms with E-state index in [2.05, 4.69) is 4.98 Å². The van der Waals surface area contributed by atoms with Crippen LogP contribution in [0.15, 0.2) is 29.2 Å². The number of nitrogens with one attached hydrogen (secondary N) is 1. The third-order valence-electron chi connectivity index (χ3n) is 1.89. The van der Waals surface area contributed by atoms with Crippen LogP contribution in [0.25, 0.3) is 10.8 Å². The standard InChI is InChI=1S/C9H7FN2O/c10-7-3-5-1-2-12-9(13)6(5)4-8(7)11/h1-4H,11H2,(H,12,13). The Labute approximate surface area is 73.0 Å². The average molecular weight is 178 g/mol. The van der Waals surface area contributed by atoms with Crippen molar-refractivity contribution in [2.45, 2.75) is 0 Å². The van der Waals surface area contributed by atoms with E-state index in [0.717, 1.165) is 0 Å². The van der Waals surface area contributed by atoms with Gasteiger partial charge < -0.3 is 10.7 Å². The summed E-state index contributed by atoms with van der Waals surface area (Å²) in [6, 6.07) is 4.21. The maximum atomic E-state index is 12.9. The number of anilines is 1. The van der Waals surface area contributed by atoms with Crippen molar-refractivity contribution in [3.8, 4) is 0 Å². The van der Waals surface area contributed by atoms with Crippen LogP contribution in [0.5, 0.6) is 0 Å². The lowest BCUT2D eigenvalue weighted by molar-refractivity contribution is 0.634. The molecule has 3 N–H and O–H groups in total. The molecule has 4 heteroatoms.